The summed E-state index contributed by atoms with van der Waals surface area (Å²) in [5.74, 6) is -4.73. The predicted octanol–water partition coefficient (Wildman–Crippen LogP) is -3.94. The van der Waals surface area contributed by atoms with E-state index in [2.05, 4.69) is 6.92 Å². The molecule has 3 N–H and O–H groups in total. The molecule has 0 rings (SSSR count). The van der Waals surface area contributed by atoms with Gasteiger partial charge in [0.15, 0.2) is 5.97 Å². The fraction of sp³-hybridized carbons (Fsp3) is 0. The summed E-state index contributed by atoms with van der Waals surface area (Å²) in [6.07, 6.45) is 0. The Kier molecular flexibility index (Phi) is 13.3. The third kappa shape index (κ3) is 50.7. The molecule has 0 bridgehead atoms. The number of rotatable bonds is 0. The van der Waals surface area contributed by atoms with Crippen LogP contribution in [-0.4, -0.2) is 33.2 Å². The van der Waals surface area contributed by atoms with Crippen LogP contribution in [0.4, 0.5) is 0 Å². The van der Waals surface area contributed by atoms with Gasteiger partial charge in [0.05, 0.1) is 0 Å². The number of hydrogen-bond donors (Lipinski definition) is 3. The van der Waals surface area contributed by atoms with E-state index in [1.807, 2.05) is 0 Å². The first-order valence-corrected chi connectivity index (χ1v) is 1.89. The molecule has 0 aromatic heterocycles. The second-order valence-electron chi connectivity index (χ2n) is 1.00. The van der Waals surface area contributed by atoms with Crippen LogP contribution in [0.25, 0.3) is 0 Å². The van der Waals surface area contributed by atoms with Gasteiger partial charge >= 0.3 is 30.8 Å². The van der Waals surface area contributed by atoms with E-state index < -0.39 is 17.9 Å². The van der Waals surface area contributed by atoms with Gasteiger partial charge in [-0.15, -0.1) is 0 Å². The van der Waals surface area contributed by atoms with Gasteiger partial charge in [-0.2, -0.15) is 0 Å². The Morgan fingerprint density at radius 1 is 0.909 bits per heavy atom. The zero-order chi connectivity index (χ0) is 8.73. The van der Waals surface area contributed by atoms with Gasteiger partial charge in [-0.05, 0) is 0 Å². The molecule has 0 amide bonds. The first-order valence-electron chi connectivity index (χ1n) is 1.89. The minimum absolute atomic E-state index is 0. The molecule has 0 unspecified atom stereocenters. The molecule has 0 spiro atoms. The average molecular weight is 156 g/mol. The Bertz CT molecular complexity index is 137. The first-order chi connectivity index (χ1) is 4.37. The number of carboxylic acid groups (broad SMARTS) is 3. The van der Waals surface area contributed by atoms with Gasteiger partial charge in [-0.3, -0.25) is 11.7 Å². The van der Waals surface area contributed by atoms with Crippen LogP contribution >= 0.6 is 0 Å². The summed E-state index contributed by atoms with van der Waals surface area (Å²) < 4.78 is 0. The normalized spacial score (nSPS) is 6.18. The predicted molar refractivity (Wildman–Crippen MR) is 28.3 cm³/mol. The Labute approximate surface area is 74.0 Å². The Hall–Kier alpha value is -1.12. The summed E-state index contributed by atoms with van der Waals surface area (Å²) in [5, 5.41) is 22.1. The summed E-state index contributed by atoms with van der Waals surface area (Å²) >= 11 is 0. The van der Waals surface area contributed by atoms with E-state index >= 15 is 0 Å². The van der Waals surface area contributed by atoms with E-state index in [4.69, 9.17) is 29.7 Å². The molecule has 0 saturated heterocycles. The minimum Gasteiger partial charge on any atom is -0.503 e. The standard InChI is InChI=1S/C2H2O4.C2H3O2.Li/c3-1(4)2(5)6;1-2(3)4;/h(H,3,4)(H,5,6);1H2,(H,3,4);/q;-1;+1. The molecule has 0 aromatic carbocycles. The molecule has 0 aromatic rings. The van der Waals surface area contributed by atoms with Crippen LogP contribution in [0.1, 0.15) is 0 Å². The van der Waals surface area contributed by atoms with Crippen molar-refractivity contribution in [3.63, 3.8) is 0 Å². The summed E-state index contributed by atoms with van der Waals surface area (Å²) in [6.45, 7) is 2.56. The van der Waals surface area contributed by atoms with Gasteiger partial charge in [-0.1, -0.05) is 0 Å². The molecule has 7 heteroatoms. The molecule has 0 aliphatic rings. The van der Waals surface area contributed by atoms with Gasteiger partial charge in [0, 0.05) is 0 Å². The molecule has 0 aliphatic heterocycles. The third-order valence-electron chi connectivity index (χ3n) is 0.183. The zero-order valence-corrected chi connectivity index (χ0v) is 5.77. The van der Waals surface area contributed by atoms with Gasteiger partial charge in [-0.25, -0.2) is 9.59 Å². The van der Waals surface area contributed by atoms with Gasteiger partial charge < -0.3 is 15.3 Å². The van der Waals surface area contributed by atoms with Crippen LogP contribution in [0, 0.1) is 6.92 Å². The summed E-state index contributed by atoms with van der Waals surface area (Å²) in [7, 11) is 0. The van der Waals surface area contributed by atoms with E-state index in [0.29, 0.717) is 0 Å². The Morgan fingerprint density at radius 3 is 1.00 bits per heavy atom. The van der Waals surface area contributed by atoms with E-state index in [-0.39, 0.29) is 18.9 Å². The monoisotopic (exact) mass is 156 g/mol. The molecule has 11 heavy (non-hydrogen) atoms. The molecule has 0 heterocycles. The number of carboxylic acids is 3. The van der Waals surface area contributed by atoms with Gasteiger partial charge in [0.2, 0.25) is 0 Å². The van der Waals surface area contributed by atoms with E-state index in [9.17, 15) is 0 Å². The molecule has 0 radical (unpaired) electrons. The van der Waals surface area contributed by atoms with Gasteiger partial charge in [0.25, 0.3) is 0 Å². The topological polar surface area (TPSA) is 112 Å². The van der Waals surface area contributed by atoms with Crippen LogP contribution < -0.4 is 18.9 Å². The van der Waals surface area contributed by atoms with Crippen LogP contribution in [0.15, 0.2) is 0 Å². The van der Waals surface area contributed by atoms with Crippen LogP contribution in [-0.2, 0) is 14.4 Å². The van der Waals surface area contributed by atoms with E-state index in [1.54, 1.807) is 0 Å². The van der Waals surface area contributed by atoms with Crippen molar-refractivity contribution in [3.8, 4) is 0 Å². The smallest absolute Gasteiger partial charge is 0.503 e. The van der Waals surface area contributed by atoms with E-state index in [1.165, 1.54) is 0 Å². The zero-order valence-electron chi connectivity index (χ0n) is 5.77. The van der Waals surface area contributed by atoms with Crippen LogP contribution in [0.5, 0.6) is 0 Å². The second kappa shape index (κ2) is 8.88. The fourth-order valence-electron chi connectivity index (χ4n) is 0. The molecule has 0 fully saturated rings. The third-order valence-corrected chi connectivity index (χ3v) is 0.183. The summed E-state index contributed by atoms with van der Waals surface area (Å²) in [5.41, 5.74) is 0. The van der Waals surface area contributed by atoms with Crippen molar-refractivity contribution in [2.24, 2.45) is 0 Å². The minimum atomic E-state index is -1.82. The van der Waals surface area contributed by atoms with Crippen molar-refractivity contribution < 1.29 is 48.6 Å². The Balaban J connectivity index is -0.000000114. The molecule has 0 aliphatic carbocycles. The summed E-state index contributed by atoms with van der Waals surface area (Å²) in [6, 6.07) is 0. The van der Waals surface area contributed by atoms with Crippen LogP contribution in [0.2, 0.25) is 0 Å². The van der Waals surface area contributed by atoms with Crippen molar-refractivity contribution in [3.05, 3.63) is 6.92 Å². The average Bonchev–Trinajstić information content (AvgIpc) is 1.63. The fourth-order valence-corrected chi connectivity index (χ4v) is 0. The second-order valence-corrected chi connectivity index (χ2v) is 1.00. The van der Waals surface area contributed by atoms with Gasteiger partial charge in [0.1, 0.15) is 0 Å². The number of hydrogen-bond acceptors (Lipinski definition) is 3. The van der Waals surface area contributed by atoms with Crippen molar-refractivity contribution in [1.29, 1.82) is 0 Å². The summed E-state index contributed by atoms with van der Waals surface area (Å²) in [4.78, 5) is 27.1. The maximum Gasteiger partial charge on any atom is 1.00 e. The molecule has 0 saturated carbocycles. The quantitative estimate of drug-likeness (QED) is 0.187. The van der Waals surface area contributed by atoms with Crippen molar-refractivity contribution in [2.45, 2.75) is 0 Å². The molecular weight excluding hydrogens is 151 g/mol. The molecular formula is C4H5LiO6. The largest absolute Gasteiger partial charge is 1.00 e. The van der Waals surface area contributed by atoms with E-state index in [0.717, 1.165) is 0 Å². The molecule has 58 valence electrons. The molecule has 0 atom stereocenters. The first kappa shape index (κ1) is 16.5. The van der Waals surface area contributed by atoms with Crippen molar-refractivity contribution >= 4 is 17.9 Å². The van der Waals surface area contributed by atoms with Crippen LogP contribution in [0.3, 0.4) is 0 Å². The number of carbonyl (C=O) groups is 3. The van der Waals surface area contributed by atoms with Crippen molar-refractivity contribution in [1.82, 2.24) is 0 Å². The van der Waals surface area contributed by atoms with Crippen molar-refractivity contribution in [2.75, 3.05) is 0 Å². The maximum atomic E-state index is 9.10. The number of aliphatic carboxylic acids is 3. The SMILES string of the molecule is O=C(O)C(=O)O.[CH2-]C(=O)O.[Li+]. The Morgan fingerprint density at radius 2 is 1.00 bits per heavy atom. The molecule has 6 nitrogen and oxygen atoms in total. The maximum absolute atomic E-state index is 9.10.